The lowest BCUT2D eigenvalue weighted by atomic mass is 9.87. The third-order valence-electron chi connectivity index (χ3n) is 4.44. The van der Waals surface area contributed by atoms with Crippen LogP contribution in [0.25, 0.3) is 0 Å². The van der Waals surface area contributed by atoms with Crippen molar-refractivity contribution in [2.45, 2.75) is 60.3 Å². The molecule has 0 saturated carbocycles. The molecule has 0 spiro atoms. The second-order valence-corrected chi connectivity index (χ2v) is 7.45. The van der Waals surface area contributed by atoms with Crippen molar-refractivity contribution < 1.29 is 4.74 Å². The summed E-state index contributed by atoms with van der Waals surface area (Å²) in [5.74, 6) is 1.54. The van der Waals surface area contributed by atoms with Gasteiger partial charge in [-0.15, -0.1) is 0 Å². The highest BCUT2D eigenvalue weighted by Crippen LogP contribution is 2.26. The van der Waals surface area contributed by atoms with Crippen LogP contribution in [0.4, 0.5) is 0 Å². The van der Waals surface area contributed by atoms with Gasteiger partial charge in [0.25, 0.3) is 0 Å². The van der Waals surface area contributed by atoms with Gasteiger partial charge in [0.2, 0.25) is 0 Å². The Morgan fingerprint density at radius 3 is 2.39 bits per heavy atom. The summed E-state index contributed by atoms with van der Waals surface area (Å²) in [7, 11) is 0. The molecule has 0 atom stereocenters. The molecule has 0 heterocycles. The quantitative estimate of drug-likeness (QED) is 0.538. The third kappa shape index (κ3) is 7.58. The zero-order valence-electron chi connectivity index (χ0n) is 15.7. The number of aryl methyl sites for hydroxylation is 1. The molecule has 130 valence electrons. The molecule has 0 radical (unpaired) electrons. The van der Waals surface area contributed by atoms with Crippen molar-refractivity contribution in [1.82, 2.24) is 5.32 Å². The largest absolute Gasteiger partial charge is 0.493 e. The molecule has 0 aliphatic rings. The second kappa shape index (κ2) is 9.64. The summed E-state index contributed by atoms with van der Waals surface area (Å²) >= 11 is 0. The minimum absolute atomic E-state index is 0.186. The van der Waals surface area contributed by atoms with Gasteiger partial charge in [-0.3, -0.25) is 0 Å². The minimum Gasteiger partial charge on any atom is -0.493 e. The Labute approximate surface area is 143 Å². The molecule has 0 aliphatic carbocycles. The number of nitrogens with one attached hydrogen (secondary N) is 1. The van der Waals surface area contributed by atoms with E-state index in [2.05, 4.69) is 70.8 Å². The van der Waals surface area contributed by atoms with Gasteiger partial charge in [0.1, 0.15) is 5.75 Å². The molecule has 23 heavy (non-hydrogen) atoms. The predicted octanol–water partition coefficient (Wildman–Crippen LogP) is 5.58. The van der Waals surface area contributed by atoms with Crippen LogP contribution in [0.5, 0.6) is 5.75 Å². The van der Waals surface area contributed by atoms with Crippen molar-refractivity contribution in [3.63, 3.8) is 0 Å². The van der Waals surface area contributed by atoms with Crippen LogP contribution in [0, 0.1) is 11.3 Å². The van der Waals surface area contributed by atoms with Crippen LogP contribution in [-0.2, 0) is 6.42 Å². The van der Waals surface area contributed by atoms with Crippen molar-refractivity contribution in [1.29, 1.82) is 0 Å². The van der Waals surface area contributed by atoms with Crippen molar-refractivity contribution >= 4 is 0 Å². The lowest BCUT2D eigenvalue weighted by Gasteiger charge is -2.26. The van der Waals surface area contributed by atoms with E-state index >= 15 is 0 Å². The average Bonchev–Trinajstić information content (AvgIpc) is 2.53. The van der Waals surface area contributed by atoms with Gasteiger partial charge in [-0.25, -0.2) is 0 Å². The van der Waals surface area contributed by atoms with Gasteiger partial charge in [0.15, 0.2) is 0 Å². The molecule has 1 rings (SSSR count). The topological polar surface area (TPSA) is 21.3 Å². The van der Waals surface area contributed by atoms with Crippen LogP contribution >= 0.6 is 0 Å². The summed E-state index contributed by atoms with van der Waals surface area (Å²) < 4.78 is 5.71. The smallest absolute Gasteiger partial charge is 0.119 e. The molecule has 2 heteroatoms. The van der Waals surface area contributed by atoms with E-state index < -0.39 is 0 Å². The summed E-state index contributed by atoms with van der Waals surface area (Å²) in [6.45, 7) is 17.0. The maximum absolute atomic E-state index is 5.71. The molecular formula is C21H35NO. The van der Waals surface area contributed by atoms with E-state index in [0.717, 1.165) is 37.4 Å². The number of benzene rings is 1. The minimum atomic E-state index is 0.186. The molecular weight excluding hydrogens is 282 g/mol. The van der Waals surface area contributed by atoms with E-state index in [9.17, 15) is 0 Å². The molecule has 0 bridgehead atoms. The summed E-state index contributed by atoms with van der Waals surface area (Å²) in [5.41, 5.74) is 2.73. The van der Waals surface area contributed by atoms with Gasteiger partial charge < -0.3 is 10.1 Å². The van der Waals surface area contributed by atoms with E-state index in [1.165, 1.54) is 18.4 Å². The zero-order chi connectivity index (χ0) is 17.3. The Hall–Kier alpha value is -1.44. The van der Waals surface area contributed by atoms with Crippen LogP contribution in [0.1, 0.15) is 59.4 Å². The first-order valence-electron chi connectivity index (χ1n) is 9.00. The van der Waals surface area contributed by atoms with Crippen molar-refractivity contribution in [3.8, 4) is 5.75 Å². The van der Waals surface area contributed by atoms with E-state index in [4.69, 9.17) is 4.74 Å². The highest BCUT2D eigenvalue weighted by Gasteiger charge is 2.18. The Morgan fingerprint density at radius 1 is 1.17 bits per heavy atom. The summed E-state index contributed by atoms with van der Waals surface area (Å²) in [6, 6.07) is 8.54. The molecule has 0 aromatic heterocycles. The highest BCUT2D eigenvalue weighted by atomic mass is 16.5. The number of unbranched alkanes of at least 4 members (excludes halogenated alkanes) is 1. The summed E-state index contributed by atoms with van der Waals surface area (Å²) in [5, 5.41) is 3.48. The molecule has 0 fully saturated rings. The lowest BCUT2D eigenvalue weighted by molar-refractivity contribution is 0.271. The molecule has 0 unspecified atom stereocenters. The fraction of sp³-hybridized carbons (Fsp3) is 0.619. The molecule has 0 aliphatic heterocycles. The average molecular weight is 318 g/mol. The van der Waals surface area contributed by atoms with Gasteiger partial charge in [0, 0.05) is 17.7 Å². The van der Waals surface area contributed by atoms with Crippen molar-refractivity contribution in [2.24, 2.45) is 11.3 Å². The Kier molecular flexibility index (Phi) is 8.22. The predicted molar refractivity (Wildman–Crippen MR) is 101 cm³/mol. The van der Waals surface area contributed by atoms with Gasteiger partial charge in [-0.1, -0.05) is 53.3 Å². The fourth-order valence-electron chi connectivity index (χ4n) is 2.16. The summed E-state index contributed by atoms with van der Waals surface area (Å²) in [6.07, 6.45) is 4.60. The van der Waals surface area contributed by atoms with Crippen LogP contribution in [-0.4, -0.2) is 13.2 Å². The monoisotopic (exact) mass is 317 g/mol. The lowest BCUT2D eigenvalue weighted by Crippen LogP contribution is -2.26. The number of hydrogen-bond donors (Lipinski definition) is 1. The summed E-state index contributed by atoms with van der Waals surface area (Å²) in [4.78, 5) is 0. The Morgan fingerprint density at radius 2 is 1.83 bits per heavy atom. The van der Waals surface area contributed by atoms with Gasteiger partial charge in [-0.05, 0) is 49.3 Å². The maximum atomic E-state index is 5.71. The molecule has 1 aromatic carbocycles. The normalized spacial score (nSPS) is 11.6. The second-order valence-electron chi connectivity index (χ2n) is 7.45. The van der Waals surface area contributed by atoms with E-state index in [1.807, 2.05) is 0 Å². The highest BCUT2D eigenvalue weighted by molar-refractivity contribution is 5.27. The Balaban J connectivity index is 2.22. The van der Waals surface area contributed by atoms with E-state index in [0.29, 0.717) is 5.92 Å². The van der Waals surface area contributed by atoms with Gasteiger partial charge >= 0.3 is 0 Å². The molecule has 1 aromatic rings. The third-order valence-corrected chi connectivity index (χ3v) is 4.44. The molecule has 0 saturated heterocycles. The first-order valence-corrected chi connectivity index (χ1v) is 9.00. The molecule has 2 nitrogen and oxygen atoms in total. The molecule has 0 amide bonds. The number of hydrogen-bond acceptors (Lipinski definition) is 2. The number of allylic oxidation sites excluding steroid dienone is 1. The van der Waals surface area contributed by atoms with E-state index in [1.54, 1.807) is 0 Å². The van der Waals surface area contributed by atoms with Crippen LogP contribution in [0.2, 0.25) is 0 Å². The van der Waals surface area contributed by atoms with Crippen LogP contribution in [0.3, 0.4) is 0 Å². The van der Waals surface area contributed by atoms with Gasteiger partial charge in [0.05, 0.1) is 6.61 Å². The standard InChI is InChI=1S/C21H35NO/c1-7-21(5,6)18(4)22-15-9-8-10-19-11-13-20(14-12-19)23-16-17(2)3/h11-14,17,22H,4,7-10,15-16H2,1-3,5-6H3. The Bertz CT molecular complexity index is 459. The first kappa shape index (κ1) is 19.6. The van der Waals surface area contributed by atoms with Gasteiger partial charge in [-0.2, -0.15) is 0 Å². The number of rotatable bonds is 11. The first-order chi connectivity index (χ1) is 10.8. The zero-order valence-corrected chi connectivity index (χ0v) is 15.7. The maximum Gasteiger partial charge on any atom is 0.119 e. The fourth-order valence-corrected chi connectivity index (χ4v) is 2.16. The number of ether oxygens (including phenoxy) is 1. The van der Waals surface area contributed by atoms with Crippen LogP contribution in [0.15, 0.2) is 36.5 Å². The van der Waals surface area contributed by atoms with Crippen molar-refractivity contribution in [3.05, 3.63) is 42.1 Å². The van der Waals surface area contributed by atoms with Crippen molar-refractivity contribution in [2.75, 3.05) is 13.2 Å². The van der Waals surface area contributed by atoms with Crippen LogP contribution < -0.4 is 10.1 Å². The molecule has 1 N–H and O–H groups in total. The van der Waals surface area contributed by atoms with E-state index in [-0.39, 0.29) is 5.41 Å². The SMILES string of the molecule is C=C(NCCCCc1ccc(OCC(C)C)cc1)C(C)(C)CC.